The number of halogens is 1. The lowest BCUT2D eigenvalue weighted by molar-refractivity contribution is -0.129. The van der Waals surface area contributed by atoms with Crippen molar-refractivity contribution in [3.63, 3.8) is 0 Å². The van der Waals surface area contributed by atoms with E-state index in [4.69, 9.17) is 4.74 Å². The second-order valence-electron chi connectivity index (χ2n) is 7.92. The fourth-order valence-corrected chi connectivity index (χ4v) is 4.94. The molecule has 0 spiro atoms. The summed E-state index contributed by atoms with van der Waals surface area (Å²) in [4.78, 5) is 28.6. The van der Waals surface area contributed by atoms with Gasteiger partial charge in [0, 0.05) is 28.3 Å². The molecule has 2 aliphatic rings. The van der Waals surface area contributed by atoms with Crippen LogP contribution in [0.3, 0.4) is 0 Å². The minimum Gasteiger partial charge on any atom is -0.496 e. The summed E-state index contributed by atoms with van der Waals surface area (Å²) < 4.78 is 6.33. The Morgan fingerprint density at radius 2 is 1.90 bits per heavy atom. The zero-order valence-electron chi connectivity index (χ0n) is 16.8. The molecule has 1 fully saturated rings. The van der Waals surface area contributed by atoms with Gasteiger partial charge in [-0.3, -0.25) is 9.59 Å². The van der Waals surface area contributed by atoms with Gasteiger partial charge in [0.15, 0.2) is 0 Å². The SMILES string of the molecule is COc1cc(NC(=O)C2(N3Cc4cc(Br)ccc4C3=O)CCCCC2)ccc1C. The first-order chi connectivity index (χ1) is 13.9. The van der Waals surface area contributed by atoms with Gasteiger partial charge in [0.05, 0.1) is 7.11 Å². The summed E-state index contributed by atoms with van der Waals surface area (Å²) in [5, 5.41) is 3.07. The Balaban J connectivity index is 1.65. The third-order valence-corrected chi connectivity index (χ3v) is 6.65. The molecule has 2 aromatic carbocycles. The van der Waals surface area contributed by atoms with Gasteiger partial charge in [0.25, 0.3) is 5.91 Å². The van der Waals surface area contributed by atoms with Crippen LogP contribution in [-0.2, 0) is 11.3 Å². The Morgan fingerprint density at radius 3 is 2.62 bits per heavy atom. The molecule has 0 unspecified atom stereocenters. The van der Waals surface area contributed by atoms with Crippen LogP contribution in [0.4, 0.5) is 5.69 Å². The standard InChI is InChI=1S/C23H25BrN2O3/c1-15-6-8-18(13-20(15)29-2)25-22(28)23(10-4-3-5-11-23)26-14-16-12-17(24)7-9-19(16)21(26)27/h6-9,12-13H,3-5,10-11,14H2,1-2H3,(H,25,28). The smallest absolute Gasteiger partial charge is 0.255 e. The molecule has 1 aliphatic heterocycles. The average Bonchev–Trinajstić information content (AvgIpc) is 3.06. The third kappa shape index (κ3) is 3.54. The number of amides is 2. The van der Waals surface area contributed by atoms with Crippen molar-refractivity contribution in [3.8, 4) is 5.75 Å². The first kappa shape index (κ1) is 20.0. The molecule has 0 radical (unpaired) electrons. The monoisotopic (exact) mass is 456 g/mol. The highest BCUT2D eigenvalue weighted by atomic mass is 79.9. The zero-order valence-corrected chi connectivity index (χ0v) is 18.3. The molecule has 0 saturated heterocycles. The van der Waals surface area contributed by atoms with Crippen LogP contribution in [0.5, 0.6) is 5.75 Å². The highest BCUT2D eigenvalue weighted by Gasteiger charge is 2.49. The maximum absolute atomic E-state index is 13.6. The van der Waals surface area contributed by atoms with E-state index in [1.54, 1.807) is 12.0 Å². The van der Waals surface area contributed by atoms with E-state index in [1.807, 2.05) is 43.3 Å². The molecule has 1 saturated carbocycles. The lowest BCUT2D eigenvalue weighted by Gasteiger charge is -2.43. The van der Waals surface area contributed by atoms with E-state index in [-0.39, 0.29) is 11.8 Å². The predicted octanol–water partition coefficient (Wildman–Crippen LogP) is 5.06. The van der Waals surface area contributed by atoms with Crippen molar-refractivity contribution < 1.29 is 14.3 Å². The van der Waals surface area contributed by atoms with E-state index >= 15 is 0 Å². The Morgan fingerprint density at radius 1 is 1.14 bits per heavy atom. The molecule has 1 N–H and O–H groups in total. The van der Waals surface area contributed by atoms with Crippen molar-refractivity contribution >= 4 is 33.4 Å². The second-order valence-corrected chi connectivity index (χ2v) is 8.84. The van der Waals surface area contributed by atoms with Crippen molar-refractivity contribution in [3.05, 3.63) is 57.6 Å². The fraction of sp³-hybridized carbons (Fsp3) is 0.391. The average molecular weight is 457 g/mol. The number of aryl methyl sites for hydroxylation is 1. The van der Waals surface area contributed by atoms with Crippen molar-refractivity contribution in [1.82, 2.24) is 4.90 Å². The highest BCUT2D eigenvalue weighted by Crippen LogP contribution is 2.40. The van der Waals surface area contributed by atoms with Crippen molar-refractivity contribution in [2.45, 2.75) is 51.1 Å². The summed E-state index contributed by atoms with van der Waals surface area (Å²) in [6, 6.07) is 11.3. The zero-order chi connectivity index (χ0) is 20.6. The molecule has 1 aliphatic carbocycles. The van der Waals surface area contributed by atoms with Crippen molar-refractivity contribution in [2.24, 2.45) is 0 Å². The summed E-state index contributed by atoms with van der Waals surface area (Å²) in [6.07, 6.45) is 4.34. The molecule has 0 atom stereocenters. The normalized spacial score (nSPS) is 17.8. The molecule has 6 heteroatoms. The van der Waals surface area contributed by atoms with Gasteiger partial charge in [-0.25, -0.2) is 0 Å². The summed E-state index contributed by atoms with van der Waals surface area (Å²) in [5.74, 6) is 0.573. The lowest BCUT2D eigenvalue weighted by atomic mass is 9.79. The summed E-state index contributed by atoms with van der Waals surface area (Å²) >= 11 is 3.49. The van der Waals surface area contributed by atoms with Crippen LogP contribution in [0.1, 0.15) is 53.6 Å². The second kappa shape index (κ2) is 7.82. The van der Waals surface area contributed by atoms with Crippen LogP contribution in [0.2, 0.25) is 0 Å². The van der Waals surface area contributed by atoms with Gasteiger partial charge in [-0.1, -0.05) is 41.3 Å². The number of benzene rings is 2. The molecule has 0 bridgehead atoms. The molecular formula is C23H25BrN2O3. The molecule has 29 heavy (non-hydrogen) atoms. The highest BCUT2D eigenvalue weighted by molar-refractivity contribution is 9.10. The van der Waals surface area contributed by atoms with Crippen LogP contribution < -0.4 is 10.1 Å². The molecule has 5 nitrogen and oxygen atoms in total. The van der Waals surface area contributed by atoms with Crippen LogP contribution in [-0.4, -0.2) is 29.4 Å². The van der Waals surface area contributed by atoms with Gasteiger partial charge in [-0.05, 0) is 55.2 Å². The number of hydrogen-bond donors (Lipinski definition) is 1. The Hall–Kier alpha value is -2.34. The van der Waals surface area contributed by atoms with Gasteiger partial charge in [0.1, 0.15) is 11.3 Å². The van der Waals surface area contributed by atoms with Gasteiger partial charge in [-0.15, -0.1) is 0 Å². The van der Waals surface area contributed by atoms with E-state index in [9.17, 15) is 9.59 Å². The maximum atomic E-state index is 13.6. The minimum atomic E-state index is -0.820. The molecule has 2 aromatic rings. The van der Waals surface area contributed by atoms with Crippen LogP contribution in [0.25, 0.3) is 0 Å². The molecule has 152 valence electrons. The number of ether oxygens (including phenoxy) is 1. The Kier molecular flexibility index (Phi) is 5.38. The topological polar surface area (TPSA) is 58.6 Å². The third-order valence-electron chi connectivity index (χ3n) is 6.16. The lowest BCUT2D eigenvalue weighted by Crippen LogP contribution is -2.58. The molecule has 2 amide bonds. The predicted molar refractivity (Wildman–Crippen MR) is 116 cm³/mol. The quantitative estimate of drug-likeness (QED) is 0.698. The first-order valence-corrected chi connectivity index (χ1v) is 10.8. The van der Waals surface area contributed by atoms with Crippen molar-refractivity contribution in [2.75, 3.05) is 12.4 Å². The van der Waals surface area contributed by atoms with E-state index in [2.05, 4.69) is 21.2 Å². The van der Waals surface area contributed by atoms with Crippen LogP contribution in [0, 0.1) is 6.92 Å². The van der Waals surface area contributed by atoms with Crippen LogP contribution in [0.15, 0.2) is 40.9 Å². The summed E-state index contributed by atoms with van der Waals surface area (Å²) in [7, 11) is 1.62. The number of nitrogens with one attached hydrogen (secondary N) is 1. The van der Waals surface area contributed by atoms with Gasteiger partial charge in [-0.2, -0.15) is 0 Å². The number of rotatable bonds is 4. The minimum absolute atomic E-state index is 0.0500. The number of methoxy groups -OCH3 is 1. The van der Waals surface area contributed by atoms with E-state index in [0.29, 0.717) is 30.6 Å². The fourth-order valence-electron chi connectivity index (χ4n) is 4.54. The van der Waals surface area contributed by atoms with Gasteiger partial charge in [0.2, 0.25) is 5.91 Å². The van der Waals surface area contributed by atoms with Gasteiger partial charge < -0.3 is 15.0 Å². The molecular weight excluding hydrogens is 432 g/mol. The number of hydrogen-bond acceptors (Lipinski definition) is 3. The number of fused-ring (bicyclic) bond motifs is 1. The summed E-state index contributed by atoms with van der Waals surface area (Å²) in [5.41, 5.74) is 2.55. The van der Waals surface area contributed by atoms with Crippen LogP contribution >= 0.6 is 15.9 Å². The largest absolute Gasteiger partial charge is 0.496 e. The Labute approximate surface area is 179 Å². The first-order valence-electron chi connectivity index (χ1n) is 10.0. The Bertz CT molecular complexity index is 967. The number of carbonyl (C=O) groups excluding carboxylic acids is 2. The van der Waals surface area contributed by atoms with E-state index in [1.165, 1.54) is 0 Å². The number of carbonyl (C=O) groups is 2. The number of anilines is 1. The van der Waals surface area contributed by atoms with Gasteiger partial charge >= 0.3 is 0 Å². The van der Waals surface area contributed by atoms with E-state index in [0.717, 1.165) is 40.6 Å². The van der Waals surface area contributed by atoms with E-state index < -0.39 is 5.54 Å². The molecule has 0 aromatic heterocycles. The number of nitrogens with zero attached hydrogens (tertiary/aromatic N) is 1. The maximum Gasteiger partial charge on any atom is 0.255 e. The molecule has 4 rings (SSSR count). The summed E-state index contributed by atoms with van der Waals surface area (Å²) in [6.45, 7) is 2.43. The van der Waals surface area contributed by atoms with Crippen molar-refractivity contribution in [1.29, 1.82) is 0 Å². The molecule has 1 heterocycles.